The Kier molecular flexibility index (Phi) is 4.59. The van der Waals surface area contributed by atoms with Crippen LogP contribution in [0.2, 0.25) is 0 Å². The predicted molar refractivity (Wildman–Crippen MR) is 77.6 cm³/mol. The molecule has 108 valence electrons. The van der Waals surface area contributed by atoms with Gasteiger partial charge in [0.05, 0.1) is 16.4 Å². The summed E-state index contributed by atoms with van der Waals surface area (Å²) >= 11 is 3.34. The first-order chi connectivity index (χ1) is 9.54. The zero-order chi connectivity index (χ0) is 14.7. The fourth-order valence-corrected chi connectivity index (χ4v) is 2.55. The van der Waals surface area contributed by atoms with Crippen molar-refractivity contribution in [3.05, 3.63) is 33.4 Å². The number of aryl methyl sites for hydroxylation is 3. The van der Waals surface area contributed by atoms with Crippen LogP contribution in [-0.2, 0) is 13.0 Å². The van der Waals surface area contributed by atoms with E-state index in [0.717, 1.165) is 17.0 Å². The molecule has 20 heavy (non-hydrogen) atoms. The molecule has 1 N–H and O–H groups in total. The van der Waals surface area contributed by atoms with E-state index in [0.29, 0.717) is 29.7 Å². The quantitative estimate of drug-likeness (QED) is 0.905. The number of nitrogens with one attached hydrogen (secondary N) is 1. The SMILES string of the molecule is CCn1ncc(Br)c1C(=O)NCCc1c(C)noc1C. The number of carbonyl (C=O) groups excluding carboxylic acids is 1. The fourth-order valence-electron chi connectivity index (χ4n) is 2.07. The van der Waals surface area contributed by atoms with Crippen molar-refractivity contribution in [2.45, 2.75) is 33.7 Å². The van der Waals surface area contributed by atoms with Crippen molar-refractivity contribution in [2.24, 2.45) is 0 Å². The molecule has 0 aromatic carbocycles. The van der Waals surface area contributed by atoms with Gasteiger partial charge in [-0.2, -0.15) is 5.10 Å². The number of halogens is 1. The summed E-state index contributed by atoms with van der Waals surface area (Å²) < 4.78 is 7.46. The number of rotatable bonds is 5. The third kappa shape index (κ3) is 2.92. The molecule has 0 fully saturated rings. The molecule has 0 saturated heterocycles. The van der Waals surface area contributed by atoms with Crippen LogP contribution in [0.15, 0.2) is 15.2 Å². The van der Waals surface area contributed by atoms with Crippen molar-refractivity contribution < 1.29 is 9.32 Å². The van der Waals surface area contributed by atoms with E-state index in [2.05, 4.69) is 31.5 Å². The van der Waals surface area contributed by atoms with Crippen LogP contribution in [-0.4, -0.2) is 27.4 Å². The smallest absolute Gasteiger partial charge is 0.270 e. The van der Waals surface area contributed by atoms with E-state index in [1.54, 1.807) is 10.9 Å². The van der Waals surface area contributed by atoms with Crippen LogP contribution in [0.3, 0.4) is 0 Å². The highest BCUT2D eigenvalue weighted by molar-refractivity contribution is 9.10. The highest BCUT2D eigenvalue weighted by atomic mass is 79.9. The largest absolute Gasteiger partial charge is 0.361 e. The van der Waals surface area contributed by atoms with Crippen molar-refractivity contribution in [2.75, 3.05) is 6.54 Å². The number of amides is 1. The van der Waals surface area contributed by atoms with Gasteiger partial charge < -0.3 is 9.84 Å². The van der Waals surface area contributed by atoms with Crippen LogP contribution >= 0.6 is 15.9 Å². The monoisotopic (exact) mass is 340 g/mol. The first kappa shape index (κ1) is 14.8. The van der Waals surface area contributed by atoms with Crippen LogP contribution in [0.4, 0.5) is 0 Å². The lowest BCUT2D eigenvalue weighted by Crippen LogP contribution is -2.28. The van der Waals surface area contributed by atoms with E-state index in [1.165, 1.54) is 0 Å². The van der Waals surface area contributed by atoms with Crippen LogP contribution < -0.4 is 5.32 Å². The normalized spacial score (nSPS) is 10.8. The summed E-state index contributed by atoms with van der Waals surface area (Å²) in [6.07, 6.45) is 2.33. The number of nitrogens with zero attached hydrogens (tertiary/aromatic N) is 3. The summed E-state index contributed by atoms with van der Waals surface area (Å²) in [6, 6.07) is 0. The van der Waals surface area contributed by atoms with E-state index in [9.17, 15) is 4.79 Å². The Hall–Kier alpha value is -1.63. The van der Waals surface area contributed by atoms with Gasteiger partial charge in [-0.3, -0.25) is 9.48 Å². The van der Waals surface area contributed by atoms with E-state index < -0.39 is 0 Å². The minimum Gasteiger partial charge on any atom is -0.361 e. The Bertz CT molecular complexity index is 598. The average molecular weight is 341 g/mol. The molecule has 0 radical (unpaired) electrons. The molecule has 0 spiro atoms. The lowest BCUT2D eigenvalue weighted by molar-refractivity contribution is 0.0942. The van der Waals surface area contributed by atoms with E-state index in [4.69, 9.17) is 4.52 Å². The summed E-state index contributed by atoms with van der Waals surface area (Å²) in [5.41, 5.74) is 2.47. The Morgan fingerprint density at radius 2 is 2.25 bits per heavy atom. The summed E-state index contributed by atoms with van der Waals surface area (Å²) in [5.74, 6) is 0.666. The molecule has 2 heterocycles. The zero-order valence-electron chi connectivity index (χ0n) is 11.7. The Morgan fingerprint density at radius 3 is 2.85 bits per heavy atom. The highest BCUT2D eigenvalue weighted by Gasteiger charge is 2.16. The number of hydrogen-bond donors (Lipinski definition) is 1. The van der Waals surface area contributed by atoms with E-state index in [1.807, 2.05) is 20.8 Å². The molecular formula is C13H17BrN4O2. The number of aromatic nitrogens is 3. The van der Waals surface area contributed by atoms with Gasteiger partial charge in [0.25, 0.3) is 5.91 Å². The van der Waals surface area contributed by atoms with Gasteiger partial charge in [0.15, 0.2) is 0 Å². The molecule has 0 saturated carbocycles. The maximum Gasteiger partial charge on any atom is 0.270 e. The average Bonchev–Trinajstić information content (AvgIpc) is 2.95. The second-order valence-corrected chi connectivity index (χ2v) is 5.32. The van der Waals surface area contributed by atoms with Crippen LogP contribution in [0.5, 0.6) is 0 Å². The lowest BCUT2D eigenvalue weighted by atomic mass is 10.1. The van der Waals surface area contributed by atoms with Crippen molar-refractivity contribution in [1.82, 2.24) is 20.3 Å². The summed E-state index contributed by atoms with van der Waals surface area (Å²) in [4.78, 5) is 12.2. The van der Waals surface area contributed by atoms with Gasteiger partial charge in [-0.15, -0.1) is 0 Å². The van der Waals surface area contributed by atoms with Gasteiger partial charge in [-0.1, -0.05) is 5.16 Å². The first-order valence-corrected chi connectivity index (χ1v) is 7.25. The molecule has 2 aromatic rings. The van der Waals surface area contributed by atoms with E-state index >= 15 is 0 Å². The zero-order valence-corrected chi connectivity index (χ0v) is 13.3. The summed E-state index contributed by atoms with van der Waals surface area (Å²) in [6.45, 7) is 6.90. The van der Waals surface area contributed by atoms with Crippen LogP contribution in [0, 0.1) is 13.8 Å². The highest BCUT2D eigenvalue weighted by Crippen LogP contribution is 2.16. The van der Waals surface area contributed by atoms with Crippen LogP contribution in [0.25, 0.3) is 0 Å². The summed E-state index contributed by atoms with van der Waals surface area (Å²) in [5, 5.41) is 10.9. The Morgan fingerprint density at radius 1 is 1.50 bits per heavy atom. The standard InChI is InChI=1S/C13H17BrN4O2/c1-4-18-12(11(14)7-16-18)13(19)15-6-5-10-8(2)17-20-9(10)3/h7H,4-6H2,1-3H3,(H,15,19). The van der Waals surface area contributed by atoms with Gasteiger partial charge in [-0.25, -0.2) is 0 Å². The van der Waals surface area contributed by atoms with Crippen molar-refractivity contribution in [1.29, 1.82) is 0 Å². The maximum atomic E-state index is 12.2. The minimum atomic E-state index is -0.136. The van der Waals surface area contributed by atoms with Crippen molar-refractivity contribution >= 4 is 21.8 Å². The van der Waals surface area contributed by atoms with Crippen molar-refractivity contribution in [3.8, 4) is 0 Å². The predicted octanol–water partition coefficient (Wildman–Crippen LogP) is 2.24. The minimum absolute atomic E-state index is 0.136. The lowest BCUT2D eigenvalue weighted by Gasteiger charge is -2.07. The van der Waals surface area contributed by atoms with Gasteiger partial charge in [0.2, 0.25) is 0 Å². The Labute approximate surface area is 125 Å². The molecule has 0 unspecified atom stereocenters. The Balaban J connectivity index is 1.98. The van der Waals surface area contributed by atoms with Crippen LogP contribution in [0.1, 0.15) is 34.4 Å². The molecule has 2 aromatic heterocycles. The number of hydrogen-bond acceptors (Lipinski definition) is 4. The first-order valence-electron chi connectivity index (χ1n) is 6.45. The molecule has 7 heteroatoms. The molecule has 0 atom stereocenters. The molecule has 6 nitrogen and oxygen atoms in total. The van der Waals surface area contributed by atoms with Gasteiger partial charge in [0, 0.05) is 18.7 Å². The molecule has 2 rings (SSSR count). The molecular weight excluding hydrogens is 324 g/mol. The molecule has 0 aliphatic heterocycles. The third-order valence-electron chi connectivity index (χ3n) is 3.15. The van der Waals surface area contributed by atoms with Gasteiger partial charge >= 0.3 is 0 Å². The number of carbonyl (C=O) groups is 1. The third-order valence-corrected chi connectivity index (χ3v) is 3.73. The van der Waals surface area contributed by atoms with Gasteiger partial charge in [0.1, 0.15) is 11.5 Å². The molecule has 0 aliphatic rings. The fraction of sp³-hybridized carbons (Fsp3) is 0.462. The second-order valence-electron chi connectivity index (χ2n) is 4.47. The van der Waals surface area contributed by atoms with Crippen molar-refractivity contribution in [3.63, 3.8) is 0 Å². The second kappa shape index (κ2) is 6.21. The molecule has 0 bridgehead atoms. The summed E-state index contributed by atoms with van der Waals surface area (Å²) in [7, 11) is 0. The molecule has 1 amide bonds. The maximum absolute atomic E-state index is 12.2. The topological polar surface area (TPSA) is 73.0 Å². The van der Waals surface area contributed by atoms with Gasteiger partial charge in [-0.05, 0) is 43.1 Å². The molecule has 0 aliphatic carbocycles. The van der Waals surface area contributed by atoms with E-state index in [-0.39, 0.29) is 5.91 Å².